The summed E-state index contributed by atoms with van der Waals surface area (Å²) >= 11 is 0. The molecule has 0 spiro atoms. The van der Waals surface area contributed by atoms with Gasteiger partial charge >= 0.3 is 186 Å². The summed E-state index contributed by atoms with van der Waals surface area (Å²) in [6.07, 6.45) is 0.211. The number of benzene rings is 2. The first-order valence-corrected chi connectivity index (χ1v) is 11.8. The van der Waals surface area contributed by atoms with Gasteiger partial charge in [0.15, 0.2) is 0 Å². The minimum atomic E-state index is -0.738. The average molecular weight is 498 g/mol. The van der Waals surface area contributed by atoms with Gasteiger partial charge in [0.25, 0.3) is 0 Å². The molecule has 0 bridgehead atoms. The van der Waals surface area contributed by atoms with Crippen LogP contribution in [0.25, 0.3) is 0 Å². The van der Waals surface area contributed by atoms with Gasteiger partial charge in [-0.1, -0.05) is 18.2 Å². The molecule has 3 atom stereocenters. The molecule has 0 aliphatic carbocycles. The fraction of sp³-hybridized carbons (Fsp3) is 0.308. The van der Waals surface area contributed by atoms with E-state index in [1.807, 2.05) is 19.9 Å². The molecule has 9 nitrogen and oxygen atoms in total. The molecule has 1 aliphatic heterocycles. The summed E-state index contributed by atoms with van der Waals surface area (Å²) in [6, 6.07) is 18.8. The number of nitrogens with one attached hydrogen (secondary N) is 1. The Labute approximate surface area is 216 Å². The zero-order valence-electron chi connectivity index (χ0n) is 20.6. The van der Waals surface area contributed by atoms with Crippen molar-refractivity contribution in [2.45, 2.75) is 26.2 Å². The van der Waals surface area contributed by atoms with E-state index in [0.717, 1.165) is 7.00 Å². The third-order valence-corrected chi connectivity index (χ3v) is 6.47. The summed E-state index contributed by atoms with van der Waals surface area (Å²) in [7, 11) is 6.53. The third-order valence-electron chi connectivity index (χ3n) is 6.47. The van der Waals surface area contributed by atoms with Gasteiger partial charge in [-0.25, -0.2) is 0 Å². The monoisotopic (exact) mass is 498 g/mol. The zero-order valence-corrected chi connectivity index (χ0v) is 20.6. The van der Waals surface area contributed by atoms with Crippen molar-refractivity contribution in [3.05, 3.63) is 94.5 Å². The van der Waals surface area contributed by atoms with Crippen molar-refractivity contribution in [3.8, 4) is 0 Å². The summed E-state index contributed by atoms with van der Waals surface area (Å²) in [4.78, 5) is 41.9. The predicted molar refractivity (Wildman–Crippen MR) is 138 cm³/mol. The van der Waals surface area contributed by atoms with Gasteiger partial charge in [0.1, 0.15) is 0 Å². The van der Waals surface area contributed by atoms with E-state index < -0.39 is 29.4 Å². The van der Waals surface area contributed by atoms with E-state index in [1.165, 1.54) is 16.8 Å². The number of carbonyl (C=O) groups excluding carboxylic acids is 2. The molecule has 2 heterocycles. The summed E-state index contributed by atoms with van der Waals surface area (Å²) < 4.78 is 18.5. The summed E-state index contributed by atoms with van der Waals surface area (Å²) in [6.45, 7) is 4.01. The van der Waals surface area contributed by atoms with Crippen LogP contribution in [-0.2, 0) is 14.1 Å². The Morgan fingerprint density at radius 3 is 2.32 bits per heavy atom. The fourth-order valence-corrected chi connectivity index (χ4v) is 4.41. The molecule has 11 heteroatoms. The number of rotatable bonds is 9. The number of anilines is 1. The molecule has 0 unspecified atom stereocenters. The van der Waals surface area contributed by atoms with E-state index in [9.17, 15) is 14.4 Å². The number of aromatic nitrogens is 2. The zero-order chi connectivity index (χ0) is 26.4. The topological polar surface area (TPSA) is 109 Å². The van der Waals surface area contributed by atoms with Crippen LogP contribution in [-0.4, -0.2) is 55.1 Å². The van der Waals surface area contributed by atoms with Gasteiger partial charge in [0.05, 0.1) is 0 Å². The number of hydrogen-bond acceptors (Lipinski definition) is 7. The number of ether oxygens (including phenoxy) is 2. The number of carbonyl (C=O) groups is 2. The first kappa shape index (κ1) is 26.2. The SMILES string of the molecule is [B]=BOC[C@@H]1[C@@H](COC(=O)c2ccccc2)O[C@@H](n2ccc(NC(=O)c3ccccc3)nc2=O)C1(C)C. The summed E-state index contributed by atoms with van der Waals surface area (Å²) in [5.41, 5.74) is -0.363. The van der Waals surface area contributed by atoms with E-state index >= 15 is 0 Å². The molecule has 0 saturated carbocycles. The number of esters is 1. The molecule has 2 aromatic carbocycles. The van der Waals surface area contributed by atoms with Crippen molar-refractivity contribution in [2.75, 3.05) is 18.5 Å². The molecule has 3 aromatic rings. The van der Waals surface area contributed by atoms with Gasteiger partial charge in [0, 0.05) is 0 Å². The molecule has 187 valence electrons. The van der Waals surface area contributed by atoms with Crippen LogP contribution in [0.5, 0.6) is 0 Å². The van der Waals surface area contributed by atoms with Crippen LogP contribution in [0.4, 0.5) is 5.82 Å². The van der Waals surface area contributed by atoms with E-state index in [0.29, 0.717) is 11.1 Å². The Bertz CT molecular complexity index is 1320. The van der Waals surface area contributed by atoms with Gasteiger partial charge < -0.3 is 0 Å². The first-order valence-electron chi connectivity index (χ1n) is 11.8. The quantitative estimate of drug-likeness (QED) is 0.357. The number of amides is 1. The van der Waals surface area contributed by atoms with Crippen molar-refractivity contribution in [3.63, 3.8) is 0 Å². The van der Waals surface area contributed by atoms with Crippen LogP contribution in [0.2, 0.25) is 0 Å². The van der Waals surface area contributed by atoms with E-state index in [-0.39, 0.29) is 30.9 Å². The van der Waals surface area contributed by atoms with Crippen molar-refractivity contribution in [1.82, 2.24) is 9.55 Å². The Morgan fingerprint density at radius 2 is 1.70 bits per heavy atom. The van der Waals surface area contributed by atoms with Gasteiger partial charge in [0.2, 0.25) is 0 Å². The maximum absolute atomic E-state index is 13.0. The summed E-state index contributed by atoms with van der Waals surface area (Å²) in [5.74, 6) is -1.01. The molecule has 1 aromatic heterocycles. The van der Waals surface area contributed by atoms with Crippen LogP contribution in [0, 0.1) is 11.3 Å². The second-order valence-corrected chi connectivity index (χ2v) is 9.21. The average Bonchev–Trinajstić information content (AvgIpc) is 3.16. The first-order chi connectivity index (χ1) is 17.8. The molecular formula is C26H26B2N3O6. The Hall–Kier alpha value is -3.85. The molecule has 1 radical (unpaired) electrons. The standard InChI is InChI=1S/C26H26B2N3O6/c1-26(2)19(15-36-28-27)20(16-35-23(33)18-11-7-4-8-12-18)37-24(26)31-14-13-21(30-25(31)34)29-22(32)17-9-5-3-6-10-17/h3-14,19-20,24H,15-16H2,1-2H3,(H,29,30,32,34)/t19-,20-,24-/m1/s1. The fourth-order valence-electron chi connectivity index (χ4n) is 4.41. The molecule has 37 heavy (non-hydrogen) atoms. The normalized spacial score (nSPS) is 20.0. The second-order valence-electron chi connectivity index (χ2n) is 9.21. The van der Waals surface area contributed by atoms with Gasteiger partial charge in [-0.3, -0.25) is 0 Å². The molecular weight excluding hydrogens is 472 g/mol. The van der Waals surface area contributed by atoms with Crippen LogP contribution in [0.3, 0.4) is 0 Å². The van der Waals surface area contributed by atoms with Crippen molar-refractivity contribution >= 4 is 32.1 Å². The minimum absolute atomic E-state index is 0.0420. The molecule has 1 amide bonds. The Morgan fingerprint density at radius 1 is 1.05 bits per heavy atom. The predicted octanol–water partition coefficient (Wildman–Crippen LogP) is 2.61. The summed E-state index contributed by atoms with van der Waals surface area (Å²) in [5, 5.41) is 2.63. The molecule has 1 saturated heterocycles. The molecule has 1 N–H and O–H groups in total. The third kappa shape index (κ3) is 5.94. The molecule has 4 rings (SSSR count). The van der Waals surface area contributed by atoms with Crippen LogP contribution in [0.15, 0.2) is 77.7 Å². The van der Waals surface area contributed by atoms with Gasteiger partial charge in [-0.2, -0.15) is 0 Å². The molecule has 1 aliphatic rings. The van der Waals surface area contributed by atoms with Crippen LogP contribution in [0.1, 0.15) is 40.8 Å². The molecule has 1 fully saturated rings. The second kappa shape index (κ2) is 11.5. The van der Waals surface area contributed by atoms with E-state index in [2.05, 4.69) is 10.3 Å². The van der Waals surface area contributed by atoms with E-state index in [4.69, 9.17) is 21.5 Å². The van der Waals surface area contributed by atoms with Crippen molar-refractivity contribution in [2.24, 2.45) is 11.3 Å². The van der Waals surface area contributed by atoms with Crippen LogP contribution >= 0.6 is 0 Å². The van der Waals surface area contributed by atoms with Crippen molar-refractivity contribution in [1.29, 1.82) is 0 Å². The number of nitrogens with zero attached hydrogens (tertiary/aromatic N) is 2. The van der Waals surface area contributed by atoms with Gasteiger partial charge in [-0.15, -0.1) is 0 Å². The van der Waals surface area contributed by atoms with Gasteiger partial charge in [-0.05, 0) is 12.1 Å². The maximum atomic E-state index is 13.0. The Kier molecular flexibility index (Phi) is 8.13. The van der Waals surface area contributed by atoms with Crippen molar-refractivity contribution < 1.29 is 23.7 Å². The van der Waals surface area contributed by atoms with Crippen LogP contribution < -0.4 is 11.0 Å². The Balaban J connectivity index is 1.52. The number of hydrogen-bond donors (Lipinski definition) is 1. The van der Waals surface area contributed by atoms with E-state index in [1.54, 1.807) is 54.6 Å².